The molecule has 0 amide bonds. The summed E-state index contributed by atoms with van der Waals surface area (Å²) in [6.07, 6.45) is 1.81. The molecule has 0 saturated carbocycles. The lowest BCUT2D eigenvalue weighted by Gasteiger charge is -2.30. The second-order valence-corrected chi connectivity index (χ2v) is 7.26. The van der Waals surface area contributed by atoms with Gasteiger partial charge in [-0.15, -0.1) is 0 Å². The van der Waals surface area contributed by atoms with Gasteiger partial charge in [0, 0.05) is 47.7 Å². The maximum absolute atomic E-state index is 12.6. The lowest BCUT2D eigenvalue weighted by molar-refractivity contribution is 0.0599. The van der Waals surface area contributed by atoms with E-state index in [1.807, 2.05) is 12.1 Å². The number of hydrogen-bond acceptors (Lipinski definition) is 4. The SMILES string of the molecule is COC(=O)c1c2c(nc3ccc(Cl)cc13)CCN(CCc1ccccc1)C2. The van der Waals surface area contributed by atoms with Crippen LogP contribution in [0.3, 0.4) is 0 Å². The number of methoxy groups -OCH3 is 1. The van der Waals surface area contributed by atoms with Gasteiger partial charge < -0.3 is 4.74 Å². The molecule has 5 heteroatoms. The molecule has 0 aliphatic carbocycles. The summed E-state index contributed by atoms with van der Waals surface area (Å²) in [4.78, 5) is 19.8. The number of esters is 1. The Bertz CT molecular complexity index is 989. The average molecular weight is 381 g/mol. The van der Waals surface area contributed by atoms with Crippen molar-refractivity contribution in [3.05, 3.63) is 75.9 Å². The van der Waals surface area contributed by atoms with Crippen molar-refractivity contribution in [2.24, 2.45) is 0 Å². The van der Waals surface area contributed by atoms with E-state index in [0.29, 0.717) is 17.1 Å². The van der Waals surface area contributed by atoms with Crippen LogP contribution in [0, 0.1) is 0 Å². The number of ether oxygens (including phenoxy) is 1. The molecule has 0 fully saturated rings. The standard InChI is InChI=1S/C22H21ClN2O2/c1-27-22(26)21-17-13-16(23)7-8-19(17)24-20-10-12-25(14-18(20)21)11-9-15-5-3-2-4-6-15/h2-8,13H,9-12,14H2,1H3. The van der Waals surface area contributed by atoms with Gasteiger partial charge in [-0.1, -0.05) is 41.9 Å². The molecule has 4 nitrogen and oxygen atoms in total. The molecule has 0 spiro atoms. The number of aromatic nitrogens is 1. The highest BCUT2D eigenvalue weighted by Crippen LogP contribution is 2.30. The van der Waals surface area contributed by atoms with Gasteiger partial charge in [-0.2, -0.15) is 0 Å². The Labute approximate surface area is 163 Å². The predicted molar refractivity (Wildman–Crippen MR) is 107 cm³/mol. The molecule has 1 aromatic heterocycles. The van der Waals surface area contributed by atoms with Gasteiger partial charge in [-0.25, -0.2) is 4.79 Å². The summed E-state index contributed by atoms with van der Waals surface area (Å²) in [5.74, 6) is -0.328. The summed E-state index contributed by atoms with van der Waals surface area (Å²) in [5, 5.41) is 1.35. The summed E-state index contributed by atoms with van der Waals surface area (Å²) in [7, 11) is 1.42. The van der Waals surface area contributed by atoms with Gasteiger partial charge >= 0.3 is 5.97 Å². The molecule has 0 unspecified atom stereocenters. The highest BCUT2D eigenvalue weighted by molar-refractivity contribution is 6.31. The van der Waals surface area contributed by atoms with E-state index in [1.54, 1.807) is 12.1 Å². The van der Waals surface area contributed by atoms with Gasteiger partial charge in [0.1, 0.15) is 0 Å². The smallest absolute Gasteiger partial charge is 0.338 e. The quantitative estimate of drug-likeness (QED) is 0.634. The third kappa shape index (κ3) is 3.68. The van der Waals surface area contributed by atoms with Gasteiger partial charge in [0.25, 0.3) is 0 Å². The van der Waals surface area contributed by atoms with E-state index in [0.717, 1.165) is 48.1 Å². The Morgan fingerprint density at radius 1 is 1.22 bits per heavy atom. The summed E-state index contributed by atoms with van der Waals surface area (Å²) in [6.45, 7) is 2.58. The van der Waals surface area contributed by atoms with Crippen molar-refractivity contribution in [3.8, 4) is 0 Å². The predicted octanol–water partition coefficient (Wildman–Crippen LogP) is 4.28. The zero-order valence-electron chi connectivity index (χ0n) is 15.2. The number of pyridine rings is 1. The van der Waals surface area contributed by atoms with Gasteiger partial charge in [0.05, 0.1) is 18.2 Å². The van der Waals surface area contributed by atoms with Gasteiger partial charge in [-0.05, 0) is 30.2 Å². The minimum Gasteiger partial charge on any atom is -0.465 e. The average Bonchev–Trinajstić information content (AvgIpc) is 2.70. The first kappa shape index (κ1) is 18.0. The zero-order valence-corrected chi connectivity index (χ0v) is 16.0. The van der Waals surface area contributed by atoms with E-state index in [2.05, 4.69) is 29.2 Å². The van der Waals surface area contributed by atoms with Crippen LogP contribution in [0.5, 0.6) is 0 Å². The fourth-order valence-corrected chi connectivity index (χ4v) is 3.90. The second kappa shape index (κ2) is 7.67. The van der Waals surface area contributed by atoms with Crippen LogP contribution in [-0.4, -0.2) is 36.1 Å². The number of hydrogen-bond donors (Lipinski definition) is 0. The number of nitrogens with zero attached hydrogens (tertiary/aromatic N) is 2. The van der Waals surface area contributed by atoms with E-state index >= 15 is 0 Å². The fourth-order valence-electron chi connectivity index (χ4n) is 3.73. The maximum Gasteiger partial charge on any atom is 0.338 e. The molecule has 4 rings (SSSR count). The van der Waals surface area contributed by atoms with Crippen LogP contribution in [-0.2, 0) is 24.1 Å². The molecule has 3 aromatic rings. The molecule has 2 heterocycles. The van der Waals surface area contributed by atoms with Crippen molar-refractivity contribution in [2.45, 2.75) is 19.4 Å². The molecule has 138 valence electrons. The van der Waals surface area contributed by atoms with Crippen LogP contribution in [0.2, 0.25) is 5.02 Å². The van der Waals surface area contributed by atoms with Crippen LogP contribution in [0.15, 0.2) is 48.5 Å². The van der Waals surface area contributed by atoms with Crippen molar-refractivity contribution in [1.82, 2.24) is 9.88 Å². The highest BCUT2D eigenvalue weighted by atomic mass is 35.5. The normalized spacial score (nSPS) is 14.1. The van der Waals surface area contributed by atoms with Gasteiger partial charge in [-0.3, -0.25) is 9.88 Å². The summed E-state index contributed by atoms with van der Waals surface area (Å²) < 4.78 is 5.09. The van der Waals surface area contributed by atoms with Crippen molar-refractivity contribution in [2.75, 3.05) is 20.2 Å². The Balaban J connectivity index is 1.67. The summed E-state index contributed by atoms with van der Waals surface area (Å²) in [5.41, 5.74) is 4.66. The van der Waals surface area contributed by atoms with Gasteiger partial charge in [0.15, 0.2) is 0 Å². The van der Waals surface area contributed by atoms with Crippen molar-refractivity contribution in [3.63, 3.8) is 0 Å². The first-order valence-corrected chi connectivity index (χ1v) is 9.49. The summed E-state index contributed by atoms with van der Waals surface area (Å²) in [6, 6.07) is 15.9. The lowest BCUT2D eigenvalue weighted by atomic mass is 9.95. The molecular weight excluding hydrogens is 360 g/mol. The topological polar surface area (TPSA) is 42.4 Å². The number of rotatable bonds is 4. The molecule has 0 radical (unpaired) electrons. The fraction of sp³-hybridized carbons (Fsp3) is 0.273. The molecular formula is C22H21ClN2O2. The molecule has 0 saturated heterocycles. The molecule has 1 aliphatic rings. The van der Waals surface area contributed by atoms with E-state index in [9.17, 15) is 4.79 Å². The lowest BCUT2D eigenvalue weighted by Crippen LogP contribution is -2.34. The third-order valence-corrected chi connectivity index (χ3v) is 5.36. The second-order valence-electron chi connectivity index (χ2n) is 6.83. The Morgan fingerprint density at radius 3 is 2.81 bits per heavy atom. The van der Waals surface area contributed by atoms with Crippen LogP contribution in [0.4, 0.5) is 0 Å². The van der Waals surface area contributed by atoms with Crippen LogP contribution < -0.4 is 0 Å². The first-order chi connectivity index (χ1) is 13.2. The first-order valence-electron chi connectivity index (χ1n) is 9.11. The van der Waals surface area contributed by atoms with Crippen LogP contribution >= 0.6 is 11.6 Å². The molecule has 1 aliphatic heterocycles. The Hall–Kier alpha value is -2.43. The summed E-state index contributed by atoms with van der Waals surface area (Å²) >= 11 is 6.18. The minimum absolute atomic E-state index is 0.328. The number of benzene rings is 2. The molecule has 0 N–H and O–H groups in total. The highest BCUT2D eigenvalue weighted by Gasteiger charge is 2.26. The number of fused-ring (bicyclic) bond motifs is 2. The van der Waals surface area contributed by atoms with Crippen molar-refractivity contribution < 1.29 is 9.53 Å². The van der Waals surface area contributed by atoms with E-state index in [1.165, 1.54) is 12.7 Å². The Kier molecular flexibility index (Phi) is 5.10. The van der Waals surface area contributed by atoms with Gasteiger partial charge in [0.2, 0.25) is 0 Å². The largest absolute Gasteiger partial charge is 0.465 e. The van der Waals surface area contributed by atoms with Crippen molar-refractivity contribution in [1.29, 1.82) is 0 Å². The molecule has 2 aromatic carbocycles. The molecule has 0 bridgehead atoms. The molecule has 27 heavy (non-hydrogen) atoms. The Morgan fingerprint density at radius 2 is 2.04 bits per heavy atom. The molecule has 0 atom stereocenters. The number of carbonyl (C=O) groups is 1. The van der Waals surface area contributed by atoms with Crippen LogP contribution in [0.25, 0.3) is 10.9 Å². The maximum atomic E-state index is 12.6. The van der Waals surface area contributed by atoms with Crippen LogP contribution in [0.1, 0.15) is 27.2 Å². The minimum atomic E-state index is -0.328. The number of halogens is 1. The third-order valence-electron chi connectivity index (χ3n) is 5.13. The monoisotopic (exact) mass is 380 g/mol. The van der Waals surface area contributed by atoms with E-state index in [4.69, 9.17) is 21.3 Å². The van der Waals surface area contributed by atoms with E-state index in [-0.39, 0.29) is 5.97 Å². The van der Waals surface area contributed by atoms with E-state index < -0.39 is 0 Å². The number of carbonyl (C=O) groups excluding carboxylic acids is 1. The van der Waals surface area contributed by atoms with Crippen molar-refractivity contribution >= 4 is 28.5 Å². The zero-order chi connectivity index (χ0) is 18.8.